The van der Waals surface area contributed by atoms with Crippen LogP contribution in [0.3, 0.4) is 0 Å². The molecule has 0 fully saturated rings. The van der Waals surface area contributed by atoms with E-state index in [1.54, 1.807) is 0 Å². The molecule has 0 radical (unpaired) electrons. The highest BCUT2D eigenvalue weighted by Gasteiger charge is 2.39. The van der Waals surface area contributed by atoms with Crippen molar-refractivity contribution in [2.24, 2.45) is 5.41 Å². The zero-order chi connectivity index (χ0) is 48.5. The van der Waals surface area contributed by atoms with E-state index in [4.69, 9.17) is 25.1 Å². The zero-order valence-corrected chi connectivity index (χ0v) is 42.2. The number of carbonyl (C=O) groups excluding carboxylic acids is 1. The maximum Gasteiger partial charge on any atom is 0.316 e. The van der Waals surface area contributed by atoms with E-state index < -0.39 is 13.7 Å². The Kier molecular flexibility index (Phi) is 15.3. The second-order valence-electron chi connectivity index (χ2n) is 19.7. The Labute approximate surface area is 405 Å². The molecule has 68 heavy (non-hydrogen) atoms. The fourth-order valence-electron chi connectivity index (χ4n) is 8.00. The van der Waals surface area contributed by atoms with E-state index in [-0.39, 0.29) is 11.0 Å². The van der Waals surface area contributed by atoms with Gasteiger partial charge in [-0.25, -0.2) is 0 Å². The van der Waals surface area contributed by atoms with Crippen molar-refractivity contribution in [3.8, 4) is 93.3 Å². The summed E-state index contributed by atoms with van der Waals surface area (Å²) in [7, 11) is -2.04. The topological polar surface area (TPSA) is 54.0 Å². The zero-order valence-electron chi connectivity index (χ0n) is 41.2. The van der Waals surface area contributed by atoms with Crippen LogP contribution in [-0.2, 0) is 4.79 Å². The van der Waals surface area contributed by atoms with E-state index in [0.717, 1.165) is 89.7 Å². The molecule has 0 unspecified atom stereocenters. The van der Waals surface area contributed by atoms with Gasteiger partial charge >= 0.3 is 5.97 Å². The summed E-state index contributed by atoms with van der Waals surface area (Å²) in [5.74, 6) is 17.9. The van der Waals surface area contributed by atoms with E-state index in [1.165, 1.54) is 25.7 Å². The molecule has 7 aromatic carbocycles. The van der Waals surface area contributed by atoms with Crippen LogP contribution in [0.5, 0.6) is 23.0 Å². The SMILES string of the molecule is C#CC#CC#CC#COc1ccc2c(-c3ccc4cc(O[Si](C)(C)C(C)(C)C)ccc4c3)c3cc(OCCCCCCCC)ccc3c(-c3ccc4cc(OC(=O)C(C)(C)CC)ccc4c3)c2c1. The molecule has 0 saturated carbocycles. The molecule has 7 aromatic rings. The molecular formula is C62H62O5Si. The number of carbonyl (C=O) groups is 1. The quantitative estimate of drug-likeness (QED) is 0.0241. The Morgan fingerprint density at radius 2 is 1.07 bits per heavy atom. The lowest BCUT2D eigenvalue weighted by atomic mass is 9.85. The molecule has 6 heteroatoms. The predicted molar refractivity (Wildman–Crippen MR) is 287 cm³/mol. The minimum absolute atomic E-state index is 0.0823. The molecular weight excluding hydrogens is 853 g/mol. The first kappa shape index (κ1) is 48.8. The number of rotatable bonds is 16. The molecule has 0 heterocycles. The Bertz CT molecular complexity index is 3250. The number of ether oxygens (including phenoxy) is 3. The summed E-state index contributed by atoms with van der Waals surface area (Å²) in [6.07, 6.45) is 15.8. The summed E-state index contributed by atoms with van der Waals surface area (Å²) in [6.45, 7) is 20.1. The molecule has 0 aromatic heterocycles. The largest absolute Gasteiger partial charge is 0.543 e. The Morgan fingerprint density at radius 3 is 1.69 bits per heavy atom. The van der Waals surface area contributed by atoms with Gasteiger partial charge in [-0.2, -0.15) is 0 Å². The van der Waals surface area contributed by atoms with Crippen LogP contribution in [0.25, 0.3) is 65.3 Å². The van der Waals surface area contributed by atoms with Gasteiger partial charge in [-0.15, -0.1) is 6.42 Å². The fourth-order valence-corrected chi connectivity index (χ4v) is 9.02. The van der Waals surface area contributed by atoms with Crippen molar-refractivity contribution in [1.82, 2.24) is 0 Å². The van der Waals surface area contributed by atoms with Gasteiger partial charge in [0.1, 0.15) is 29.1 Å². The summed E-state index contributed by atoms with van der Waals surface area (Å²) >= 11 is 0. The molecule has 0 bridgehead atoms. The number of esters is 1. The monoisotopic (exact) mass is 914 g/mol. The predicted octanol–water partition coefficient (Wildman–Crippen LogP) is 16.1. The van der Waals surface area contributed by atoms with Crippen LogP contribution in [0, 0.1) is 53.5 Å². The van der Waals surface area contributed by atoms with Gasteiger partial charge in [-0.05, 0) is 195 Å². The van der Waals surface area contributed by atoms with Gasteiger partial charge in [-0.3, -0.25) is 4.79 Å². The van der Waals surface area contributed by atoms with Crippen molar-refractivity contribution in [1.29, 1.82) is 0 Å². The van der Waals surface area contributed by atoms with E-state index >= 15 is 0 Å². The summed E-state index contributed by atoms with van der Waals surface area (Å²) in [4.78, 5) is 13.0. The standard InChI is InChI=1S/C62H62O5Si/c1-11-14-16-18-20-22-36-64-50-33-35-55-56(42-50)58(48-26-24-46-40-52(30-28-44(46)38-48)66-60(63)62(7,8)13-3)54-34-32-51(65-37-23-21-19-17-15-12-2)43-57(54)59(55)49-27-25-47-41-53(31-29-45(47)39-49)67-68(9,10)61(4,5)6/h1,24-35,38-43H,12-13,15,17,19,21,23,37H2,2-10H3. The number of benzene rings is 7. The smallest absolute Gasteiger partial charge is 0.316 e. The van der Waals surface area contributed by atoms with Gasteiger partial charge in [0.2, 0.25) is 8.32 Å². The van der Waals surface area contributed by atoms with Gasteiger partial charge in [0.15, 0.2) is 0 Å². The second kappa shape index (κ2) is 21.2. The van der Waals surface area contributed by atoms with Crippen LogP contribution in [0.2, 0.25) is 18.1 Å². The number of hydrogen-bond donors (Lipinski definition) is 0. The van der Waals surface area contributed by atoms with Crippen LogP contribution in [0.1, 0.15) is 93.4 Å². The van der Waals surface area contributed by atoms with Gasteiger partial charge in [0.25, 0.3) is 0 Å². The van der Waals surface area contributed by atoms with Crippen LogP contribution in [-0.4, -0.2) is 20.9 Å². The van der Waals surface area contributed by atoms with Crippen LogP contribution < -0.4 is 18.6 Å². The van der Waals surface area contributed by atoms with Crippen molar-refractivity contribution in [2.45, 2.75) is 112 Å². The van der Waals surface area contributed by atoms with Crippen molar-refractivity contribution in [2.75, 3.05) is 6.61 Å². The minimum Gasteiger partial charge on any atom is -0.543 e. The van der Waals surface area contributed by atoms with E-state index in [2.05, 4.69) is 167 Å². The first-order valence-corrected chi connectivity index (χ1v) is 26.8. The van der Waals surface area contributed by atoms with E-state index in [0.29, 0.717) is 24.5 Å². The first-order valence-electron chi connectivity index (χ1n) is 23.9. The average Bonchev–Trinajstić information content (AvgIpc) is 3.31. The normalized spacial score (nSPS) is 11.5. The number of unbranched alkanes of at least 4 members (excludes halogenated alkanes) is 5. The van der Waals surface area contributed by atoms with Gasteiger partial charge in [-0.1, -0.05) is 109 Å². The highest BCUT2D eigenvalue weighted by molar-refractivity contribution is 6.74. The Balaban J connectivity index is 1.40. The molecule has 0 saturated heterocycles. The maximum absolute atomic E-state index is 13.0. The van der Waals surface area contributed by atoms with Crippen LogP contribution in [0.15, 0.2) is 109 Å². The second-order valence-corrected chi connectivity index (χ2v) is 24.4. The van der Waals surface area contributed by atoms with Gasteiger partial charge < -0.3 is 18.6 Å². The van der Waals surface area contributed by atoms with Gasteiger partial charge in [0, 0.05) is 17.8 Å². The summed E-state index contributed by atoms with van der Waals surface area (Å²) < 4.78 is 25.2. The van der Waals surface area contributed by atoms with Crippen molar-refractivity contribution < 1.29 is 23.4 Å². The Hall–Kier alpha value is -7.09. The lowest BCUT2D eigenvalue weighted by Crippen LogP contribution is -2.43. The molecule has 344 valence electrons. The maximum atomic E-state index is 13.0. The Morgan fingerprint density at radius 1 is 0.559 bits per heavy atom. The molecule has 0 atom stereocenters. The minimum atomic E-state index is -2.04. The van der Waals surface area contributed by atoms with E-state index in [1.807, 2.05) is 45.0 Å². The van der Waals surface area contributed by atoms with E-state index in [9.17, 15) is 4.79 Å². The number of hydrogen-bond acceptors (Lipinski definition) is 5. The lowest BCUT2D eigenvalue weighted by molar-refractivity contribution is -0.144. The van der Waals surface area contributed by atoms with Crippen LogP contribution in [0.4, 0.5) is 0 Å². The van der Waals surface area contributed by atoms with Crippen molar-refractivity contribution >= 4 is 57.4 Å². The summed E-state index contributed by atoms with van der Waals surface area (Å²) in [5, 5.41) is 8.46. The van der Waals surface area contributed by atoms with Crippen molar-refractivity contribution in [3.63, 3.8) is 0 Å². The number of fused-ring (bicyclic) bond motifs is 4. The summed E-state index contributed by atoms with van der Waals surface area (Å²) in [6, 6.07) is 38.0. The average molecular weight is 915 g/mol. The molecule has 0 aliphatic heterocycles. The molecule has 0 spiro atoms. The highest BCUT2D eigenvalue weighted by Crippen LogP contribution is 2.47. The molecule has 5 nitrogen and oxygen atoms in total. The number of terminal acetylenes is 1. The molecule has 0 aliphatic carbocycles. The third kappa shape index (κ3) is 11.4. The summed E-state index contributed by atoms with van der Waals surface area (Å²) in [5.41, 5.74) is 3.64. The molecule has 7 rings (SSSR count). The fraction of sp³-hybridized carbons (Fsp3) is 0.306. The highest BCUT2D eigenvalue weighted by atomic mass is 28.4. The lowest BCUT2D eigenvalue weighted by Gasteiger charge is -2.36. The van der Waals surface area contributed by atoms with Crippen molar-refractivity contribution in [3.05, 3.63) is 109 Å². The molecule has 0 aliphatic rings. The molecule has 0 amide bonds. The van der Waals surface area contributed by atoms with Crippen LogP contribution >= 0.6 is 0 Å². The third-order valence-corrected chi connectivity index (χ3v) is 17.8. The van der Waals surface area contributed by atoms with Gasteiger partial charge in [0.05, 0.1) is 12.0 Å². The third-order valence-electron chi connectivity index (χ3n) is 13.4. The molecule has 0 N–H and O–H groups in total. The first-order chi connectivity index (χ1) is 32.6.